The van der Waals surface area contributed by atoms with E-state index in [1.165, 1.54) is 22.4 Å². The minimum atomic E-state index is -3.63. The van der Waals surface area contributed by atoms with Crippen LogP contribution in [0.15, 0.2) is 35.2 Å². The van der Waals surface area contributed by atoms with E-state index in [0.29, 0.717) is 10.6 Å². The zero-order valence-corrected chi connectivity index (χ0v) is 19.5. The molecule has 1 aliphatic heterocycles. The summed E-state index contributed by atoms with van der Waals surface area (Å²) in [6, 6.07) is 9.35. The van der Waals surface area contributed by atoms with Gasteiger partial charge in [-0.2, -0.15) is 0 Å². The Balaban J connectivity index is 1.60. The number of sulfonamides is 1. The number of halogens is 1. The maximum atomic E-state index is 13.1. The van der Waals surface area contributed by atoms with Crippen LogP contribution in [0.3, 0.4) is 0 Å². The average molecular weight is 448 g/mol. The minimum Gasteiger partial charge on any atom is -0.369 e. The van der Waals surface area contributed by atoms with Crippen LogP contribution >= 0.6 is 11.6 Å². The molecule has 1 aliphatic carbocycles. The highest BCUT2D eigenvalue weighted by Gasteiger charge is 2.29. The fraction of sp³-hybridized carbons (Fsp3) is 0.478. The lowest BCUT2D eigenvalue weighted by molar-refractivity contribution is 0.312. The van der Waals surface area contributed by atoms with Crippen molar-refractivity contribution in [3.63, 3.8) is 0 Å². The fourth-order valence-electron chi connectivity index (χ4n) is 4.65. The standard InChI is InChI=1S/C23H30ClN3O2S/c1-16-7-10-22(27-13-11-26(3)12-14-27)20-15-18(8-9-19(16)20)25-30(28,29)23-6-4-5-21(24)17(23)2/h4-7,10,18,25H,8-9,11-15H2,1-3H3/t18-/m1/s1. The number of nitrogens with zero attached hydrogens (tertiary/aromatic N) is 2. The van der Waals surface area contributed by atoms with Gasteiger partial charge >= 0.3 is 0 Å². The Labute approximate surface area is 185 Å². The first-order valence-corrected chi connectivity index (χ1v) is 12.4. The van der Waals surface area contributed by atoms with Gasteiger partial charge < -0.3 is 9.80 Å². The van der Waals surface area contributed by atoms with Crippen molar-refractivity contribution >= 4 is 27.3 Å². The van der Waals surface area contributed by atoms with E-state index in [4.69, 9.17) is 11.6 Å². The first kappa shape index (κ1) is 21.6. The lowest BCUT2D eigenvalue weighted by Gasteiger charge is -2.37. The normalized spacial score (nSPS) is 20.3. The number of hydrogen-bond acceptors (Lipinski definition) is 4. The first-order chi connectivity index (χ1) is 14.3. The third kappa shape index (κ3) is 4.24. The molecule has 1 fully saturated rings. The number of hydrogen-bond donors (Lipinski definition) is 1. The van der Waals surface area contributed by atoms with E-state index in [0.717, 1.165) is 45.4 Å². The molecular weight excluding hydrogens is 418 g/mol. The first-order valence-electron chi connectivity index (χ1n) is 10.6. The van der Waals surface area contributed by atoms with Crippen LogP contribution < -0.4 is 9.62 Å². The highest BCUT2D eigenvalue weighted by atomic mass is 35.5. The number of benzene rings is 2. The number of aryl methyl sites for hydroxylation is 1. The Morgan fingerprint density at radius 3 is 2.50 bits per heavy atom. The third-order valence-corrected chi connectivity index (χ3v) is 8.58. The van der Waals surface area contributed by atoms with Crippen LogP contribution in [-0.4, -0.2) is 52.6 Å². The Morgan fingerprint density at radius 2 is 1.77 bits per heavy atom. The molecule has 0 bridgehead atoms. The molecule has 7 heteroatoms. The SMILES string of the molecule is Cc1ccc(N2CCN(C)CC2)c2c1CC[C@@H](NS(=O)(=O)c1cccc(Cl)c1C)C2. The van der Waals surface area contributed by atoms with Crippen molar-refractivity contribution in [2.24, 2.45) is 0 Å². The van der Waals surface area contributed by atoms with Crippen molar-refractivity contribution in [2.45, 2.75) is 44.0 Å². The Hall–Kier alpha value is -1.60. The van der Waals surface area contributed by atoms with Crippen molar-refractivity contribution in [1.29, 1.82) is 0 Å². The predicted octanol–water partition coefficient (Wildman–Crippen LogP) is 3.54. The minimum absolute atomic E-state index is 0.117. The van der Waals surface area contributed by atoms with Crippen molar-refractivity contribution in [3.8, 4) is 0 Å². The molecular formula is C23H30ClN3O2S. The lowest BCUT2D eigenvalue weighted by atomic mass is 9.84. The van der Waals surface area contributed by atoms with Crippen LogP contribution in [0, 0.1) is 13.8 Å². The summed E-state index contributed by atoms with van der Waals surface area (Å²) in [6.45, 7) is 8.02. The molecule has 5 nitrogen and oxygen atoms in total. The number of nitrogens with one attached hydrogen (secondary N) is 1. The van der Waals surface area contributed by atoms with Gasteiger partial charge in [-0.3, -0.25) is 0 Å². The lowest BCUT2D eigenvalue weighted by Crippen LogP contribution is -2.45. The monoisotopic (exact) mass is 447 g/mol. The molecule has 2 aromatic carbocycles. The van der Waals surface area contributed by atoms with Gasteiger partial charge in [-0.1, -0.05) is 23.7 Å². The van der Waals surface area contributed by atoms with Gasteiger partial charge in [-0.15, -0.1) is 0 Å². The zero-order chi connectivity index (χ0) is 21.5. The number of fused-ring (bicyclic) bond motifs is 1. The second kappa shape index (κ2) is 8.50. The second-order valence-electron chi connectivity index (χ2n) is 8.57. The smallest absolute Gasteiger partial charge is 0.241 e. The molecule has 1 heterocycles. The fourth-order valence-corrected chi connectivity index (χ4v) is 6.41. The van der Waals surface area contributed by atoms with Gasteiger partial charge in [0.25, 0.3) is 0 Å². The molecule has 0 saturated carbocycles. The van der Waals surface area contributed by atoms with Gasteiger partial charge in [-0.05, 0) is 80.6 Å². The second-order valence-corrected chi connectivity index (χ2v) is 10.7. The molecule has 1 N–H and O–H groups in total. The number of rotatable bonds is 4. The molecule has 0 radical (unpaired) electrons. The molecule has 2 aliphatic rings. The highest BCUT2D eigenvalue weighted by Crippen LogP contribution is 2.34. The molecule has 162 valence electrons. The molecule has 0 spiro atoms. The number of anilines is 1. The van der Waals surface area contributed by atoms with Crippen LogP contribution in [0.4, 0.5) is 5.69 Å². The summed E-state index contributed by atoms with van der Waals surface area (Å²) in [5.41, 5.74) is 5.86. The largest absolute Gasteiger partial charge is 0.369 e. The maximum absolute atomic E-state index is 13.1. The molecule has 0 amide bonds. The van der Waals surface area contributed by atoms with Crippen LogP contribution in [0.2, 0.25) is 5.02 Å². The van der Waals surface area contributed by atoms with Gasteiger partial charge in [0, 0.05) is 42.9 Å². The molecule has 1 atom stereocenters. The molecule has 1 saturated heterocycles. The van der Waals surface area contributed by atoms with E-state index in [2.05, 4.69) is 40.6 Å². The van der Waals surface area contributed by atoms with Crippen LogP contribution in [0.5, 0.6) is 0 Å². The molecule has 30 heavy (non-hydrogen) atoms. The summed E-state index contributed by atoms with van der Waals surface area (Å²) in [7, 11) is -1.47. The Bertz CT molecular complexity index is 1050. The van der Waals surface area contributed by atoms with Crippen molar-refractivity contribution < 1.29 is 8.42 Å². The Kier molecular flexibility index (Phi) is 6.13. The van der Waals surface area contributed by atoms with Crippen molar-refractivity contribution in [3.05, 3.63) is 57.6 Å². The third-order valence-electron chi connectivity index (χ3n) is 6.51. The summed E-state index contributed by atoms with van der Waals surface area (Å²) in [6.07, 6.45) is 2.42. The van der Waals surface area contributed by atoms with E-state index >= 15 is 0 Å². The Morgan fingerprint density at radius 1 is 1.03 bits per heavy atom. The summed E-state index contributed by atoms with van der Waals surface area (Å²) in [4.78, 5) is 5.07. The zero-order valence-electron chi connectivity index (χ0n) is 17.9. The maximum Gasteiger partial charge on any atom is 0.241 e. The van der Waals surface area contributed by atoms with Crippen LogP contribution in [-0.2, 0) is 22.9 Å². The molecule has 0 aromatic heterocycles. The van der Waals surface area contributed by atoms with Crippen LogP contribution in [0.1, 0.15) is 28.7 Å². The quantitative estimate of drug-likeness (QED) is 0.778. The predicted molar refractivity (Wildman–Crippen MR) is 123 cm³/mol. The highest BCUT2D eigenvalue weighted by molar-refractivity contribution is 7.89. The van der Waals surface area contributed by atoms with E-state index in [1.807, 2.05) is 0 Å². The van der Waals surface area contributed by atoms with Crippen molar-refractivity contribution in [1.82, 2.24) is 9.62 Å². The van der Waals surface area contributed by atoms with Gasteiger partial charge in [0.1, 0.15) is 0 Å². The van der Waals surface area contributed by atoms with E-state index < -0.39 is 10.0 Å². The van der Waals surface area contributed by atoms with Gasteiger partial charge in [0.15, 0.2) is 0 Å². The molecule has 0 unspecified atom stereocenters. The van der Waals surface area contributed by atoms with Gasteiger partial charge in [0.2, 0.25) is 10.0 Å². The molecule has 2 aromatic rings. The van der Waals surface area contributed by atoms with E-state index in [1.54, 1.807) is 25.1 Å². The molecule has 4 rings (SSSR count). The van der Waals surface area contributed by atoms with Gasteiger partial charge in [0.05, 0.1) is 4.90 Å². The summed E-state index contributed by atoms with van der Waals surface area (Å²) in [5, 5.41) is 0.472. The van der Waals surface area contributed by atoms with Crippen molar-refractivity contribution in [2.75, 3.05) is 38.1 Å². The number of piperazine rings is 1. The summed E-state index contributed by atoms with van der Waals surface area (Å²) >= 11 is 6.16. The topological polar surface area (TPSA) is 52.6 Å². The van der Waals surface area contributed by atoms with Crippen LogP contribution in [0.25, 0.3) is 0 Å². The number of likely N-dealkylation sites (N-methyl/N-ethyl adjacent to an activating group) is 1. The van der Waals surface area contributed by atoms with E-state index in [9.17, 15) is 8.42 Å². The van der Waals surface area contributed by atoms with E-state index in [-0.39, 0.29) is 10.9 Å². The summed E-state index contributed by atoms with van der Waals surface area (Å²) in [5.74, 6) is 0. The van der Waals surface area contributed by atoms with Gasteiger partial charge in [-0.25, -0.2) is 13.1 Å². The summed E-state index contributed by atoms with van der Waals surface area (Å²) < 4.78 is 29.1. The average Bonchev–Trinajstić information content (AvgIpc) is 2.71.